The fraction of sp³-hybridized carbons (Fsp3) is 0.103. The first-order chi connectivity index (χ1) is 21.7. The zero-order valence-corrected chi connectivity index (χ0v) is 27.0. The number of hydrogen-bond donors (Lipinski definition) is 1. The standard InChI is InChI=1S/C39H37BN2SSi/c43-39(34-20-10-3-11-21-34,35-22-12-4-13-23-35)26-29-44(36-24-14-5-15-25-36)31-42-28-27-41-38(42)40-37(33-18-8-2-9-19-33)30-32-16-6-1-7-17-32/h1-25,27-28,30,40,43-44H,26,29,31H2. The van der Waals surface area contributed by atoms with Crippen molar-refractivity contribution < 1.29 is 0 Å². The third-order valence-corrected chi connectivity index (χ3v) is 12.4. The molecule has 1 atom stereocenters. The average Bonchev–Trinajstić information content (AvgIpc) is 3.54. The summed E-state index contributed by atoms with van der Waals surface area (Å²) in [5.74, 6) is 0. The van der Waals surface area contributed by atoms with Crippen LogP contribution in [0.25, 0.3) is 11.5 Å². The predicted octanol–water partition coefficient (Wildman–Crippen LogP) is 7.08. The van der Waals surface area contributed by atoms with E-state index in [1.165, 1.54) is 32.9 Å². The Kier molecular flexibility index (Phi) is 9.76. The van der Waals surface area contributed by atoms with E-state index in [-0.39, 0.29) is 4.75 Å². The Morgan fingerprint density at radius 1 is 0.705 bits per heavy atom. The minimum absolute atomic E-state index is 0.362. The van der Waals surface area contributed by atoms with Gasteiger partial charge >= 0.3 is 0 Å². The molecule has 0 amide bonds. The minimum atomic E-state index is -1.49. The Morgan fingerprint density at radius 2 is 1.23 bits per heavy atom. The van der Waals surface area contributed by atoms with Crippen LogP contribution in [0, 0.1) is 0 Å². The lowest BCUT2D eigenvalue weighted by atomic mass is 9.65. The SMILES string of the molecule is SC(CC[SiH](Cn1ccnc1BC(=Cc1ccccc1)c1ccccc1)c1ccccc1)(c1ccccc1)c1ccccc1. The average molecular weight is 605 g/mol. The maximum Gasteiger partial charge on any atom is 0.239 e. The Labute approximate surface area is 269 Å². The van der Waals surface area contributed by atoms with Crippen LogP contribution in [0.3, 0.4) is 0 Å². The van der Waals surface area contributed by atoms with Gasteiger partial charge in [-0.05, 0) is 28.7 Å². The number of thiol groups is 1. The van der Waals surface area contributed by atoms with E-state index in [2.05, 4.69) is 168 Å². The quantitative estimate of drug-likeness (QED) is 0.0898. The summed E-state index contributed by atoms with van der Waals surface area (Å²) in [6.45, 7) is 0. The normalized spacial score (nSPS) is 12.5. The van der Waals surface area contributed by atoms with Crippen LogP contribution in [-0.2, 0) is 10.9 Å². The lowest BCUT2D eigenvalue weighted by Crippen LogP contribution is -2.40. The summed E-state index contributed by atoms with van der Waals surface area (Å²) in [6.07, 6.45) is 8.39. The minimum Gasteiger partial charge on any atom is -0.346 e. The number of nitrogens with zero attached hydrogens (tertiary/aromatic N) is 2. The number of hydrogen-bond acceptors (Lipinski definition) is 2. The van der Waals surface area contributed by atoms with Gasteiger partial charge in [-0.15, -0.1) is 0 Å². The van der Waals surface area contributed by atoms with Crippen molar-refractivity contribution in [3.05, 3.63) is 186 Å². The molecular weight excluding hydrogens is 567 g/mol. The van der Waals surface area contributed by atoms with Crippen molar-refractivity contribution in [3.8, 4) is 0 Å². The van der Waals surface area contributed by atoms with Crippen LogP contribution in [0.2, 0.25) is 6.04 Å². The van der Waals surface area contributed by atoms with E-state index < -0.39 is 8.80 Å². The summed E-state index contributed by atoms with van der Waals surface area (Å²) < 4.78 is 2.05. The molecule has 0 aliphatic rings. The highest BCUT2D eigenvalue weighted by atomic mass is 32.1. The molecule has 2 nitrogen and oxygen atoms in total. The van der Waals surface area contributed by atoms with Crippen molar-refractivity contribution in [1.29, 1.82) is 0 Å². The topological polar surface area (TPSA) is 17.8 Å². The number of aromatic nitrogens is 2. The number of rotatable bonds is 12. The van der Waals surface area contributed by atoms with E-state index >= 15 is 0 Å². The van der Waals surface area contributed by atoms with Gasteiger partial charge in [-0.25, -0.2) is 0 Å². The molecule has 6 aromatic rings. The van der Waals surface area contributed by atoms with Gasteiger partial charge in [0, 0.05) is 18.6 Å². The van der Waals surface area contributed by atoms with Gasteiger partial charge in [0.15, 0.2) is 0 Å². The lowest BCUT2D eigenvalue weighted by molar-refractivity contribution is 0.707. The third-order valence-electron chi connectivity index (χ3n) is 8.48. The second kappa shape index (κ2) is 14.4. The number of benzene rings is 5. The molecule has 5 aromatic carbocycles. The molecule has 44 heavy (non-hydrogen) atoms. The van der Waals surface area contributed by atoms with Gasteiger partial charge < -0.3 is 4.57 Å². The van der Waals surface area contributed by atoms with Gasteiger partial charge in [-0.1, -0.05) is 174 Å². The zero-order valence-electron chi connectivity index (χ0n) is 24.9. The fourth-order valence-corrected chi connectivity index (χ4v) is 9.83. The van der Waals surface area contributed by atoms with Gasteiger partial charge in [-0.2, -0.15) is 12.6 Å². The fourth-order valence-electron chi connectivity index (χ4n) is 6.08. The van der Waals surface area contributed by atoms with E-state index in [1.807, 2.05) is 6.20 Å². The summed E-state index contributed by atoms with van der Waals surface area (Å²) in [5.41, 5.74) is 7.30. The van der Waals surface area contributed by atoms with E-state index in [1.54, 1.807) is 0 Å². The molecule has 1 unspecified atom stereocenters. The second-order valence-corrected chi connectivity index (χ2v) is 15.1. The van der Waals surface area contributed by atoms with Crippen LogP contribution < -0.4 is 10.9 Å². The Hall–Kier alpha value is -4.32. The Balaban J connectivity index is 1.30. The molecule has 0 N–H and O–H groups in total. The largest absolute Gasteiger partial charge is 0.346 e. The van der Waals surface area contributed by atoms with E-state index in [0.717, 1.165) is 31.6 Å². The molecule has 0 bridgehead atoms. The lowest BCUT2D eigenvalue weighted by Gasteiger charge is -2.32. The second-order valence-electron chi connectivity index (χ2n) is 11.4. The zero-order chi connectivity index (χ0) is 30.0. The van der Waals surface area contributed by atoms with Gasteiger partial charge in [0.1, 0.15) is 0 Å². The van der Waals surface area contributed by atoms with E-state index in [4.69, 9.17) is 17.6 Å². The van der Waals surface area contributed by atoms with Crippen LogP contribution in [-0.4, -0.2) is 25.6 Å². The van der Waals surface area contributed by atoms with Crippen LogP contribution in [0.5, 0.6) is 0 Å². The molecular formula is C39H37BN2SSi. The van der Waals surface area contributed by atoms with Crippen LogP contribution >= 0.6 is 12.6 Å². The first-order valence-corrected chi connectivity index (χ1v) is 18.0. The first kappa shape index (κ1) is 29.7. The summed E-state index contributed by atoms with van der Waals surface area (Å²) >= 11 is 5.45. The summed E-state index contributed by atoms with van der Waals surface area (Å²) in [7, 11) is -0.722. The molecule has 5 heteroatoms. The van der Waals surface area contributed by atoms with Crippen molar-refractivity contribution in [3.63, 3.8) is 0 Å². The monoisotopic (exact) mass is 604 g/mol. The summed E-state index contributed by atoms with van der Waals surface area (Å²) in [6, 6.07) is 55.1. The van der Waals surface area contributed by atoms with Crippen molar-refractivity contribution in [2.24, 2.45) is 0 Å². The molecule has 216 valence electrons. The summed E-state index contributed by atoms with van der Waals surface area (Å²) in [5, 5.41) is 1.48. The van der Waals surface area contributed by atoms with Crippen LogP contribution in [0.1, 0.15) is 28.7 Å². The molecule has 0 radical (unpaired) electrons. The third kappa shape index (κ3) is 7.24. The molecule has 0 fully saturated rings. The molecule has 6 rings (SSSR count). The highest BCUT2D eigenvalue weighted by Gasteiger charge is 2.31. The van der Waals surface area contributed by atoms with Crippen molar-refractivity contribution >= 4 is 51.2 Å². The van der Waals surface area contributed by atoms with Gasteiger partial charge in [0.05, 0.1) is 19.3 Å². The van der Waals surface area contributed by atoms with Gasteiger partial charge in [0.25, 0.3) is 0 Å². The molecule has 0 saturated carbocycles. The highest BCUT2D eigenvalue weighted by Crippen LogP contribution is 2.41. The highest BCUT2D eigenvalue weighted by molar-refractivity contribution is 7.81. The molecule has 1 heterocycles. The smallest absolute Gasteiger partial charge is 0.239 e. The maximum atomic E-state index is 5.45. The summed E-state index contributed by atoms with van der Waals surface area (Å²) in [4.78, 5) is 4.90. The van der Waals surface area contributed by atoms with E-state index in [0.29, 0.717) is 0 Å². The number of imidazole rings is 1. The maximum absolute atomic E-state index is 5.45. The predicted molar refractivity (Wildman–Crippen MR) is 195 cm³/mol. The van der Waals surface area contributed by atoms with Gasteiger partial charge in [-0.3, -0.25) is 4.98 Å². The van der Waals surface area contributed by atoms with Crippen LogP contribution in [0.15, 0.2) is 164 Å². The Morgan fingerprint density at radius 3 is 1.82 bits per heavy atom. The van der Waals surface area contributed by atoms with Crippen molar-refractivity contribution in [2.45, 2.75) is 23.4 Å². The van der Waals surface area contributed by atoms with Crippen molar-refractivity contribution in [1.82, 2.24) is 9.55 Å². The molecule has 0 saturated heterocycles. The molecule has 0 spiro atoms. The Bertz CT molecular complexity index is 1720. The van der Waals surface area contributed by atoms with E-state index in [9.17, 15) is 0 Å². The molecule has 0 aliphatic carbocycles. The molecule has 1 aromatic heterocycles. The first-order valence-electron chi connectivity index (χ1n) is 15.4. The van der Waals surface area contributed by atoms with Crippen molar-refractivity contribution in [2.75, 3.05) is 0 Å². The molecule has 0 aliphatic heterocycles. The van der Waals surface area contributed by atoms with Gasteiger partial charge in [0.2, 0.25) is 7.28 Å². The van der Waals surface area contributed by atoms with Crippen LogP contribution in [0.4, 0.5) is 0 Å².